The maximum Gasteiger partial charge on any atom is 0.203 e. The number of nitrogens with one attached hydrogen (secondary N) is 1. The highest BCUT2D eigenvalue weighted by molar-refractivity contribution is 7.18. The van der Waals surface area contributed by atoms with Crippen molar-refractivity contribution in [3.05, 3.63) is 23.3 Å². The first-order valence-corrected chi connectivity index (χ1v) is 7.02. The second kappa shape index (κ2) is 4.57. The van der Waals surface area contributed by atoms with Crippen molar-refractivity contribution in [2.75, 3.05) is 17.6 Å². The lowest BCUT2D eigenvalue weighted by Crippen LogP contribution is -2.01. The molecule has 0 unspecified atom stereocenters. The quantitative estimate of drug-likeness (QED) is 0.827. The molecule has 0 saturated heterocycles. The fraction of sp³-hybridized carbons (Fsp3) is 0.385. The van der Waals surface area contributed by atoms with Crippen molar-refractivity contribution in [3.63, 3.8) is 0 Å². The van der Waals surface area contributed by atoms with Gasteiger partial charge in [0.15, 0.2) is 0 Å². The van der Waals surface area contributed by atoms with Crippen LogP contribution in [0.25, 0.3) is 10.6 Å². The Bertz CT molecular complexity index is 576. The number of aryl methyl sites for hydroxylation is 2. The van der Waals surface area contributed by atoms with E-state index in [1.807, 2.05) is 0 Å². The fourth-order valence-corrected chi connectivity index (χ4v) is 3.04. The summed E-state index contributed by atoms with van der Waals surface area (Å²) in [5.41, 5.74) is 10.7. The molecular formula is C13H16N4S. The highest BCUT2D eigenvalue weighted by atomic mass is 32.1. The molecule has 0 amide bonds. The number of hydrogen-bond acceptors (Lipinski definition) is 5. The summed E-state index contributed by atoms with van der Waals surface area (Å²) in [6.45, 7) is 3.21. The summed E-state index contributed by atoms with van der Waals surface area (Å²) < 4.78 is 0. The average Bonchev–Trinajstić information content (AvgIpc) is 2.63. The van der Waals surface area contributed by atoms with E-state index in [0.29, 0.717) is 5.13 Å². The van der Waals surface area contributed by atoms with E-state index in [4.69, 9.17) is 5.73 Å². The first kappa shape index (κ1) is 11.5. The fourth-order valence-electron chi connectivity index (χ4n) is 2.44. The van der Waals surface area contributed by atoms with Crippen molar-refractivity contribution in [1.29, 1.82) is 0 Å². The lowest BCUT2D eigenvalue weighted by Gasteiger charge is -2.12. The summed E-state index contributed by atoms with van der Waals surface area (Å²) in [5, 5.41) is 13.0. The zero-order chi connectivity index (χ0) is 12.5. The van der Waals surface area contributed by atoms with Crippen LogP contribution in [0.5, 0.6) is 0 Å². The predicted molar refractivity (Wildman–Crippen MR) is 75.9 cm³/mol. The molecule has 1 aromatic carbocycles. The summed E-state index contributed by atoms with van der Waals surface area (Å²) >= 11 is 1.44. The molecule has 1 aromatic heterocycles. The van der Waals surface area contributed by atoms with E-state index < -0.39 is 0 Å². The molecule has 0 saturated carbocycles. The number of nitrogens with two attached hydrogens (primary N) is 1. The van der Waals surface area contributed by atoms with Gasteiger partial charge in [-0.05, 0) is 49.4 Å². The summed E-state index contributed by atoms with van der Waals surface area (Å²) in [4.78, 5) is 0. The highest BCUT2D eigenvalue weighted by Gasteiger charge is 2.13. The van der Waals surface area contributed by atoms with Gasteiger partial charge in [-0.3, -0.25) is 0 Å². The Morgan fingerprint density at radius 1 is 1.28 bits per heavy atom. The van der Waals surface area contributed by atoms with E-state index >= 15 is 0 Å². The Morgan fingerprint density at radius 3 is 2.94 bits per heavy atom. The van der Waals surface area contributed by atoms with Crippen molar-refractivity contribution in [1.82, 2.24) is 10.2 Å². The molecule has 3 N–H and O–H groups in total. The molecule has 1 aliphatic heterocycles. The Hall–Kier alpha value is -1.62. The van der Waals surface area contributed by atoms with Gasteiger partial charge in [0.1, 0.15) is 5.01 Å². The van der Waals surface area contributed by atoms with Gasteiger partial charge in [0.25, 0.3) is 0 Å². The summed E-state index contributed by atoms with van der Waals surface area (Å²) in [6.07, 6.45) is 3.60. The van der Waals surface area contributed by atoms with Crippen molar-refractivity contribution in [3.8, 4) is 10.6 Å². The van der Waals surface area contributed by atoms with E-state index in [0.717, 1.165) is 23.5 Å². The van der Waals surface area contributed by atoms with Crippen LogP contribution in [0.3, 0.4) is 0 Å². The van der Waals surface area contributed by atoms with Gasteiger partial charge in [0.2, 0.25) is 5.13 Å². The van der Waals surface area contributed by atoms with Crippen LogP contribution in [-0.4, -0.2) is 16.7 Å². The molecule has 3 rings (SSSR count). The van der Waals surface area contributed by atoms with Crippen LogP contribution in [0, 0.1) is 6.92 Å². The van der Waals surface area contributed by atoms with Gasteiger partial charge in [0.05, 0.1) is 0 Å². The molecule has 2 heterocycles. The minimum atomic E-state index is 0.524. The Labute approximate surface area is 110 Å². The van der Waals surface area contributed by atoms with Crippen LogP contribution in [-0.2, 0) is 6.42 Å². The predicted octanol–water partition coefficient (Wildman–Crippen LogP) is 2.84. The largest absolute Gasteiger partial charge is 0.385 e. The third-order valence-electron chi connectivity index (χ3n) is 3.28. The van der Waals surface area contributed by atoms with E-state index in [1.165, 1.54) is 41.0 Å². The van der Waals surface area contributed by atoms with Crippen LogP contribution in [0.15, 0.2) is 12.1 Å². The maximum absolute atomic E-state index is 5.65. The van der Waals surface area contributed by atoms with E-state index in [2.05, 4.69) is 34.6 Å². The summed E-state index contributed by atoms with van der Waals surface area (Å²) in [6, 6.07) is 4.39. The molecule has 0 fully saturated rings. The molecule has 94 valence electrons. The van der Waals surface area contributed by atoms with Crippen molar-refractivity contribution >= 4 is 22.2 Å². The lowest BCUT2D eigenvalue weighted by atomic mass is 10.0. The van der Waals surface area contributed by atoms with Gasteiger partial charge in [-0.25, -0.2) is 0 Å². The Balaban J connectivity index is 2.07. The molecule has 0 aliphatic carbocycles. The molecule has 0 bridgehead atoms. The number of aromatic nitrogens is 2. The Kier molecular flexibility index (Phi) is 2.91. The van der Waals surface area contributed by atoms with Gasteiger partial charge in [-0.2, -0.15) is 0 Å². The van der Waals surface area contributed by atoms with Crippen LogP contribution in [0.1, 0.15) is 24.0 Å². The number of anilines is 2. The minimum Gasteiger partial charge on any atom is -0.385 e. The van der Waals surface area contributed by atoms with E-state index in [-0.39, 0.29) is 0 Å². The van der Waals surface area contributed by atoms with Gasteiger partial charge in [0, 0.05) is 17.8 Å². The monoisotopic (exact) mass is 260 g/mol. The van der Waals surface area contributed by atoms with Gasteiger partial charge in [-0.1, -0.05) is 11.3 Å². The van der Waals surface area contributed by atoms with Crippen molar-refractivity contribution < 1.29 is 0 Å². The smallest absolute Gasteiger partial charge is 0.203 e. The van der Waals surface area contributed by atoms with E-state index in [1.54, 1.807) is 0 Å². The number of nitrogens with zero attached hydrogens (tertiary/aromatic N) is 2. The second-order valence-corrected chi connectivity index (χ2v) is 5.67. The third kappa shape index (κ3) is 2.06. The molecule has 4 nitrogen and oxygen atoms in total. The topological polar surface area (TPSA) is 63.8 Å². The number of nitrogen functional groups attached to an aromatic ring is 1. The number of fused-ring (bicyclic) bond motifs is 1. The van der Waals surface area contributed by atoms with Crippen LogP contribution in [0.2, 0.25) is 0 Å². The van der Waals surface area contributed by atoms with Gasteiger partial charge in [-0.15, -0.1) is 10.2 Å². The lowest BCUT2D eigenvalue weighted by molar-refractivity contribution is 0.786. The van der Waals surface area contributed by atoms with Crippen LogP contribution >= 0.6 is 11.3 Å². The molecule has 18 heavy (non-hydrogen) atoms. The number of rotatable bonds is 1. The normalized spacial score (nSPS) is 14.7. The molecule has 0 radical (unpaired) electrons. The second-order valence-electron chi connectivity index (χ2n) is 4.66. The average molecular weight is 260 g/mol. The Morgan fingerprint density at radius 2 is 2.17 bits per heavy atom. The molecule has 1 aliphatic rings. The van der Waals surface area contributed by atoms with Crippen molar-refractivity contribution in [2.24, 2.45) is 0 Å². The van der Waals surface area contributed by atoms with Crippen LogP contribution in [0.4, 0.5) is 10.8 Å². The molecular weight excluding hydrogens is 244 g/mol. The number of benzene rings is 1. The highest BCUT2D eigenvalue weighted by Crippen LogP contribution is 2.33. The summed E-state index contributed by atoms with van der Waals surface area (Å²) in [5.74, 6) is 0. The minimum absolute atomic E-state index is 0.524. The van der Waals surface area contributed by atoms with E-state index in [9.17, 15) is 0 Å². The molecule has 2 aromatic rings. The standard InChI is InChI=1S/C13H16N4S/c1-8-6-10(12-16-17-13(14)18-12)7-9-4-2-3-5-15-11(8)9/h6-7,15H,2-5H2,1H3,(H2,14,17). The first-order valence-electron chi connectivity index (χ1n) is 6.21. The van der Waals surface area contributed by atoms with Crippen LogP contribution < -0.4 is 11.1 Å². The summed E-state index contributed by atoms with van der Waals surface area (Å²) in [7, 11) is 0. The first-order chi connectivity index (χ1) is 8.74. The molecule has 5 heteroatoms. The molecule has 0 spiro atoms. The molecule has 0 atom stereocenters. The van der Waals surface area contributed by atoms with Gasteiger partial charge >= 0.3 is 0 Å². The zero-order valence-electron chi connectivity index (χ0n) is 10.4. The van der Waals surface area contributed by atoms with Gasteiger partial charge < -0.3 is 11.1 Å². The zero-order valence-corrected chi connectivity index (χ0v) is 11.2. The maximum atomic E-state index is 5.65. The SMILES string of the molecule is Cc1cc(-c2nnc(N)s2)cc2c1NCCCC2. The van der Waals surface area contributed by atoms with Crippen molar-refractivity contribution in [2.45, 2.75) is 26.2 Å². The third-order valence-corrected chi connectivity index (χ3v) is 4.08. The number of hydrogen-bond donors (Lipinski definition) is 2.